The standard InChI is InChI=1S/C15H23FN2OS/c1-4-17-15(14-10-20-8-7-18(14)2)12-6-5-11(19-3)9-13(12)16/h5-6,9,14-15,17H,4,7-8,10H2,1-3H3. The topological polar surface area (TPSA) is 24.5 Å². The molecular weight excluding hydrogens is 275 g/mol. The summed E-state index contributed by atoms with van der Waals surface area (Å²) in [6.07, 6.45) is 0. The number of thioether (sulfide) groups is 1. The summed E-state index contributed by atoms with van der Waals surface area (Å²) in [6.45, 7) is 3.94. The Balaban J connectivity index is 2.27. The Morgan fingerprint density at radius 3 is 2.95 bits per heavy atom. The van der Waals surface area contributed by atoms with Gasteiger partial charge in [-0.05, 0) is 19.7 Å². The van der Waals surface area contributed by atoms with Crippen molar-refractivity contribution in [2.24, 2.45) is 0 Å². The number of hydrogen-bond donors (Lipinski definition) is 1. The number of likely N-dealkylation sites (N-methyl/N-ethyl adjacent to an activating group) is 2. The van der Waals surface area contributed by atoms with E-state index in [4.69, 9.17) is 4.74 Å². The van der Waals surface area contributed by atoms with Gasteiger partial charge in [-0.2, -0.15) is 11.8 Å². The lowest BCUT2D eigenvalue weighted by Crippen LogP contribution is -2.48. The zero-order valence-corrected chi connectivity index (χ0v) is 13.2. The molecule has 0 amide bonds. The Morgan fingerprint density at radius 2 is 2.35 bits per heavy atom. The van der Waals surface area contributed by atoms with Crippen LogP contribution in [-0.2, 0) is 0 Å². The number of nitrogens with one attached hydrogen (secondary N) is 1. The van der Waals surface area contributed by atoms with Crippen molar-refractivity contribution in [1.29, 1.82) is 0 Å². The first-order valence-corrected chi connectivity index (χ1v) is 8.17. The Kier molecular flexibility index (Phi) is 5.69. The van der Waals surface area contributed by atoms with Gasteiger partial charge in [0.05, 0.1) is 13.2 Å². The van der Waals surface area contributed by atoms with Gasteiger partial charge in [0, 0.05) is 35.7 Å². The average molecular weight is 298 g/mol. The van der Waals surface area contributed by atoms with Crippen molar-refractivity contribution in [1.82, 2.24) is 10.2 Å². The molecule has 20 heavy (non-hydrogen) atoms. The summed E-state index contributed by atoms with van der Waals surface area (Å²) in [6, 6.07) is 5.48. The summed E-state index contributed by atoms with van der Waals surface area (Å²) in [4.78, 5) is 2.33. The first-order chi connectivity index (χ1) is 9.67. The van der Waals surface area contributed by atoms with Crippen molar-refractivity contribution in [3.63, 3.8) is 0 Å². The minimum Gasteiger partial charge on any atom is -0.497 e. The highest BCUT2D eigenvalue weighted by Crippen LogP contribution is 2.30. The van der Waals surface area contributed by atoms with Crippen LogP contribution in [0.25, 0.3) is 0 Å². The lowest BCUT2D eigenvalue weighted by atomic mass is 9.98. The summed E-state index contributed by atoms with van der Waals surface area (Å²) in [7, 11) is 3.68. The number of halogens is 1. The number of rotatable bonds is 5. The van der Waals surface area contributed by atoms with Gasteiger partial charge in [0.1, 0.15) is 11.6 Å². The van der Waals surface area contributed by atoms with Crippen molar-refractivity contribution >= 4 is 11.8 Å². The summed E-state index contributed by atoms with van der Waals surface area (Å²) >= 11 is 1.94. The highest BCUT2D eigenvalue weighted by atomic mass is 32.2. The minimum atomic E-state index is -0.195. The lowest BCUT2D eigenvalue weighted by molar-refractivity contribution is 0.214. The molecule has 0 radical (unpaired) electrons. The van der Waals surface area contributed by atoms with Crippen molar-refractivity contribution < 1.29 is 9.13 Å². The normalized spacial score (nSPS) is 21.7. The third kappa shape index (κ3) is 3.45. The summed E-state index contributed by atoms with van der Waals surface area (Å²) in [5.74, 6) is 2.54. The molecule has 2 rings (SSSR count). The Bertz CT molecular complexity index is 444. The molecule has 1 N–H and O–H groups in total. The van der Waals surface area contributed by atoms with E-state index >= 15 is 0 Å². The van der Waals surface area contributed by atoms with Gasteiger partial charge in [-0.1, -0.05) is 13.0 Å². The molecule has 1 aliphatic heterocycles. The molecule has 1 heterocycles. The number of methoxy groups -OCH3 is 1. The predicted molar refractivity (Wildman–Crippen MR) is 83.1 cm³/mol. The number of ether oxygens (including phenoxy) is 1. The zero-order chi connectivity index (χ0) is 14.5. The van der Waals surface area contributed by atoms with E-state index in [1.54, 1.807) is 7.11 Å². The minimum absolute atomic E-state index is 0.0173. The van der Waals surface area contributed by atoms with E-state index in [1.807, 2.05) is 23.9 Å². The molecule has 1 fully saturated rings. The van der Waals surface area contributed by atoms with Crippen LogP contribution in [0.4, 0.5) is 4.39 Å². The van der Waals surface area contributed by atoms with Crippen molar-refractivity contribution in [2.45, 2.75) is 19.0 Å². The third-order valence-corrected chi connectivity index (χ3v) is 4.84. The Morgan fingerprint density at radius 1 is 1.55 bits per heavy atom. The van der Waals surface area contributed by atoms with Crippen molar-refractivity contribution in [3.05, 3.63) is 29.6 Å². The molecule has 2 unspecified atom stereocenters. The molecule has 1 aliphatic rings. The first kappa shape index (κ1) is 15.6. The molecule has 112 valence electrons. The van der Waals surface area contributed by atoms with E-state index in [1.165, 1.54) is 6.07 Å². The molecule has 0 saturated carbocycles. The van der Waals surface area contributed by atoms with Gasteiger partial charge in [0.25, 0.3) is 0 Å². The number of hydrogen-bond acceptors (Lipinski definition) is 4. The van der Waals surface area contributed by atoms with E-state index in [2.05, 4.69) is 24.2 Å². The van der Waals surface area contributed by atoms with E-state index in [0.29, 0.717) is 11.8 Å². The molecule has 1 aromatic rings. The summed E-state index contributed by atoms with van der Waals surface area (Å²) in [5.41, 5.74) is 0.729. The Hall–Kier alpha value is -0.780. The number of benzene rings is 1. The van der Waals surface area contributed by atoms with Gasteiger partial charge in [0.15, 0.2) is 0 Å². The molecule has 2 atom stereocenters. The van der Waals surface area contributed by atoms with E-state index in [-0.39, 0.29) is 11.9 Å². The monoisotopic (exact) mass is 298 g/mol. The first-order valence-electron chi connectivity index (χ1n) is 7.02. The highest BCUT2D eigenvalue weighted by Gasteiger charge is 2.30. The van der Waals surface area contributed by atoms with Crippen LogP contribution in [-0.4, -0.2) is 49.7 Å². The van der Waals surface area contributed by atoms with Gasteiger partial charge < -0.3 is 10.1 Å². The van der Waals surface area contributed by atoms with Crippen LogP contribution < -0.4 is 10.1 Å². The van der Waals surface area contributed by atoms with Crippen molar-refractivity contribution in [2.75, 3.05) is 38.8 Å². The van der Waals surface area contributed by atoms with E-state index in [0.717, 1.165) is 30.2 Å². The van der Waals surface area contributed by atoms with Crippen LogP contribution in [0.15, 0.2) is 18.2 Å². The molecule has 0 spiro atoms. The second-order valence-electron chi connectivity index (χ2n) is 5.05. The Labute approximate surface area is 124 Å². The van der Waals surface area contributed by atoms with Gasteiger partial charge in [-0.25, -0.2) is 4.39 Å². The molecule has 5 heteroatoms. The maximum absolute atomic E-state index is 14.3. The van der Waals surface area contributed by atoms with E-state index < -0.39 is 0 Å². The highest BCUT2D eigenvalue weighted by molar-refractivity contribution is 7.99. The zero-order valence-electron chi connectivity index (χ0n) is 12.4. The fourth-order valence-corrected chi connectivity index (χ4v) is 3.89. The van der Waals surface area contributed by atoms with Gasteiger partial charge in [0.2, 0.25) is 0 Å². The maximum atomic E-state index is 14.3. The molecule has 1 saturated heterocycles. The van der Waals surface area contributed by atoms with Crippen LogP contribution >= 0.6 is 11.8 Å². The molecule has 0 aromatic heterocycles. The molecule has 0 aliphatic carbocycles. The largest absolute Gasteiger partial charge is 0.497 e. The molecular formula is C15H23FN2OS. The van der Waals surface area contributed by atoms with Gasteiger partial charge in [-0.3, -0.25) is 4.90 Å². The maximum Gasteiger partial charge on any atom is 0.131 e. The van der Waals surface area contributed by atoms with Crippen LogP contribution in [0.3, 0.4) is 0 Å². The SMILES string of the molecule is CCNC(c1ccc(OC)cc1F)C1CSCCN1C. The quantitative estimate of drug-likeness (QED) is 0.903. The average Bonchev–Trinajstić information content (AvgIpc) is 2.46. The predicted octanol–water partition coefficient (Wildman–Crippen LogP) is 2.53. The van der Waals surface area contributed by atoms with Gasteiger partial charge in [-0.15, -0.1) is 0 Å². The van der Waals surface area contributed by atoms with Crippen LogP contribution in [0.5, 0.6) is 5.75 Å². The lowest BCUT2D eigenvalue weighted by Gasteiger charge is -2.38. The molecule has 1 aromatic carbocycles. The molecule has 3 nitrogen and oxygen atoms in total. The van der Waals surface area contributed by atoms with Crippen LogP contribution in [0.2, 0.25) is 0 Å². The smallest absolute Gasteiger partial charge is 0.131 e. The summed E-state index contributed by atoms with van der Waals surface area (Å²) < 4.78 is 19.4. The van der Waals surface area contributed by atoms with E-state index in [9.17, 15) is 4.39 Å². The fourth-order valence-electron chi connectivity index (χ4n) is 2.62. The second-order valence-corrected chi connectivity index (χ2v) is 6.20. The third-order valence-electron chi connectivity index (χ3n) is 3.79. The second kappa shape index (κ2) is 7.29. The fraction of sp³-hybridized carbons (Fsp3) is 0.600. The molecule has 0 bridgehead atoms. The van der Waals surface area contributed by atoms with Crippen molar-refractivity contribution in [3.8, 4) is 5.75 Å². The van der Waals surface area contributed by atoms with Crippen LogP contribution in [0, 0.1) is 5.82 Å². The summed E-state index contributed by atoms with van der Waals surface area (Å²) in [5, 5.41) is 3.44. The number of nitrogens with zero attached hydrogens (tertiary/aromatic N) is 1. The van der Waals surface area contributed by atoms with Gasteiger partial charge >= 0.3 is 0 Å². The van der Waals surface area contributed by atoms with Crippen LogP contribution in [0.1, 0.15) is 18.5 Å².